The van der Waals surface area contributed by atoms with Crippen LogP contribution in [-0.2, 0) is 9.47 Å². The molecule has 1 fully saturated rings. The van der Waals surface area contributed by atoms with E-state index in [4.69, 9.17) is 9.47 Å². The highest BCUT2D eigenvalue weighted by molar-refractivity contribution is 8.16. The van der Waals surface area contributed by atoms with Crippen molar-refractivity contribution in [3.63, 3.8) is 0 Å². The Morgan fingerprint density at radius 2 is 0.854 bits per heavy atom. The minimum absolute atomic E-state index is 0.273. The van der Waals surface area contributed by atoms with Crippen LogP contribution in [0.15, 0.2) is 0 Å². The van der Waals surface area contributed by atoms with Crippen LogP contribution >= 0.6 is 47.0 Å². The molecule has 1 aliphatic rings. The van der Waals surface area contributed by atoms with Crippen molar-refractivity contribution in [3.05, 3.63) is 0 Å². The maximum absolute atomic E-state index is 6.70. The maximum atomic E-state index is 6.70. The highest BCUT2D eigenvalue weighted by Crippen LogP contribution is 2.35. The van der Waals surface area contributed by atoms with Crippen molar-refractivity contribution < 1.29 is 9.47 Å². The van der Waals surface area contributed by atoms with Gasteiger partial charge < -0.3 is 14.4 Å². The second-order valence-corrected chi connectivity index (χ2v) is 19.9. The molecule has 1 rings (SSSR count). The summed E-state index contributed by atoms with van der Waals surface area (Å²) >= 11 is 8.64. The fraction of sp³-hybridized carbons (Fsp3) is 1.00. The summed E-state index contributed by atoms with van der Waals surface area (Å²) in [7, 11) is 4.32. The highest BCUT2D eigenvalue weighted by Gasteiger charge is 2.40. The van der Waals surface area contributed by atoms with Crippen LogP contribution in [0.2, 0.25) is 0 Å². The van der Waals surface area contributed by atoms with Crippen molar-refractivity contribution in [1.82, 2.24) is 4.90 Å². The summed E-state index contributed by atoms with van der Waals surface area (Å²) in [6.45, 7) is 6.47. The molecule has 7 heteroatoms. The molecule has 0 aromatic rings. The summed E-state index contributed by atoms with van der Waals surface area (Å²) < 4.78 is 13.2. The van der Waals surface area contributed by atoms with E-state index in [1.807, 2.05) is 0 Å². The van der Waals surface area contributed by atoms with E-state index in [9.17, 15) is 0 Å². The predicted octanol–water partition coefficient (Wildman–Crippen LogP) is 14.1. The van der Waals surface area contributed by atoms with Gasteiger partial charge in [-0.15, -0.1) is 0 Å². The van der Waals surface area contributed by atoms with Crippen LogP contribution in [0.1, 0.15) is 187 Å². The molecule has 1 aliphatic heterocycles. The first-order valence-corrected chi connectivity index (χ1v) is 25.5. The number of rotatable bonds is 39. The predicted molar refractivity (Wildman–Crippen MR) is 228 cm³/mol. The van der Waals surface area contributed by atoms with Gasteiger partial charge in [0.2, 0.25) is 0 Å². The lowest BCUT2D eigenvalue weighted by molar-refractivity contribution is -0.180. The van der Waals surface area contributed by atoms with Gasteiger partial charge in [-0.25, -0.2) is 0 Å². The molecule has 48 heavy (non-hydrogen) atoms. The van der Waals surface area contributed by atoms with Crippen molar-refractivity contribution in [3.8, 4) is 0 Å². The van der Waals surface area contributed by atoms with Gasteiger partial charge in [0.15, 0.2) is 5.79 Å². The Balaban J connectivity index is 2.05. The van der Waals surface area contributed by atoms with E-state index in [0.717, 1.165) is 32.4 Å². The number of hydrogen-bond donors (Lipinski definition) is 0. The van der Waals surface area contributed by atoms with Crippen LogP contribution in [0.4, 0.5) is 0 Å². The third-order valence-corrected chi connectivity index (χ3v) is 14.6. The second-order valence-electron chi connectivity index (χ2n) is 14.7. The average Bonchev–Trinajstić information content (AvgIpc) is 3.49. The fourth-order valence-corrected chi connectivity index (χ4v) is 10.9. The molecule has 0 aromatic heterocycles. The summed E-state index contributed by atoms with van der Waals surface area (Å²) in [5.41, 5.74) is 0. The Morgan fingerprint density at radius 3 is 1.23 bits per heavy atom. The lowest BCUT2D eigenvalue weighted by Crippen LogP contribution is -2.31. The van der Waals surface area contributed by atoms with Gasteiger partial charge in [0.25, 0.3) is 0 Å². The standard InChI is InChI=1S/C41H83NO2S4/c1-5-7-9-11-19-25-33-45-38-47-35-27-21-15-13-17-23-30-41(43-37-40(44-41)29-32-42(3)4)31-24-18-14-16-22-28-36-48-39-46-34-26-20-12-10-8-6-2/h40H,5-39H2,1-4H3. The second kappa shape index (κ2) is 36.6. The van der Waals surface area contributed by atoms with Crippen molar-refractivity contribution in [1.29, 1.82) is 0 Å². The molecule has 0 spiro atoms. The zero-order valence-corrected chi connectivity index (χ0v) is 36.0. The van der Waals surface area contributed by atoms with Crippen LogP contribution < -0.4 is 0 Å². The molecule has 1 unspecified atom stereocenters. The SMILES string of the molecule is CCCCCCCCSCSCCCCCCCCC1(CCCCCCCCSCSCCCCCCCC)OCC(CCN(C)C)O1. The van der Waals surface area contributed by atoms with Gasteiger partial charge in [-0.3, -0.25) is 0 Å². The van der Waals surface area contributed by atoms with E-state index < -0.39 is 0 Å². The Labute approximate surface area is 319 Å². The Morgan fingerprint density at radius 1 is 0.500 bits per heavy atom. The summed E-state index contributed by atoms with van der Waals surface area (Å²) in [6.07, 6.45) is 36.8. The van der Waals surface area contributed by atoms with Crippen molar-refractivity contribution in [2.24, 2.45) is 0 Å². The number of nitrogens with zero attached hydrogens (tertiary/aromatic N) is 1. The van der Waals surface area contributed by atoms with Gasteiger partial charge in [-0.2, -0.15) is 47.0 Å². The fourth-order valence-electron chi connectivity index (χ4n) is 6.48. The molecule has 3 nitrogen and oxygen atoms in total. The zero-order valence-electron chi connectivity index (χ0n) is 32.7. The Kier molecular flexibility index (Phi) is 36.1. The topological polar surface area (TPSA) is 21.7 Å². The van der Waals surface area contributed by atoms with Crippen molar-refractivity contribution in [2.45, 2.75) is 199 Å². The monoisotopic (exact) mass is 750 g/mol. The van der Waals surface area contributed by atoms with E-state index >= 15 is 0 Å². The molecule has 0 N–H and O–H groups in total. The molecule has 0 bridgehead atoms. The van der Waals surface area contributed by atoms with E-state index in [2.05, 4.69) is 79.9 Å². The third-order valence-electron chi connectivity index (χ3n) is 9.62. The van der Waals surface area contributed by atoms with Crippen LogP contribution in [0, 0.1) is 0 Å². The zero-order chi connectivity index (χ0) is 34.6. The first-order chi connectivity index (χ1) is 23.6. The molecule has 0 aliphatic carbocycles. The van der Waals surface area contributed by atoms with Gasteiger partial charge in [0, 0.05) is 29.6 Å². The average molecular weight is 750 g/mol. The summed E-state index contributed by atoms with van der Waals surface area (Å²) in [5, 5.41) is 2.59. The molecule has 0 amide bonds. The Hall–Kier alpha value is 1.28. The van der Waals surface area contributed by atoms with Crippen LogP contribution in [0.25, 0.3) is 0 Å². The van der Waals surface area contributed by atoms with Crippen LogP contribution in [-0.4, -0.2) is 77.2 Å². The number of unbranched alkanes of at least 4 members (excludes halogenated alkanes) is 20. The van der Waals surface area contributed by atoms with E-state index in [1.165, 1.54) is 187 Å². The molecule has 0 aromatic carbocycles. The van der Waals surface area contributed by atoms with Crippen molar-refractivity contribution in [2.75, 3.05) is 60.4 Å². The molecule has 0 saturated carbocycles. The summed E-state index contributed by atoms with van der Waals surface area (Å²) in [6, 6.07) is 0. The van der Waals surface area contributed by atoms with E-state index in [0.29, 0.717) is 0 Å². The molecule has 288 valence electrons. The Bertz CT molecular complexity index is 604. The molecule has 0 radical (unpaired) electrons. The first kappa shape index (κ1) is 47.3. The van der Waals surface area contributed by atoms with Gasteiger partial charge in [-0.05, 0) is 82.1 Å². The van der Waals surface area contributed by atoms with Crippen LogP contribution in [0.5, 0.6) is 0 Å². The smallest absolute Gasteiger partial charge is 0.168 e. The molecule has 1 heterocycles. The first-order valence-electron chi connectivity index (χ1n) is 20.9. The van der Waals surface area contributed by atoms with Gasteiger partial charge in [0.05, 0.1) is 12.7 Å². The molecular weight excluding hydrogens is 667 g/mol. The minimum Gasteiger partial charge on any atom is -0.347 e. The number of hydrogen-bond acceptors (Lipinski definition) is 7. The quantitative estimate of drug-likeness (QED) is 0.0455. The number of ether oxygens (including phenoxy) is 2. The molecule has 1 saturated heterocycles. The lowest BCUT2D eigenvalue weighted by atomic mass is 9.99. The van der Waals surface area contributed by atoms with E-state index in [-0.39, 0.29) is 11.9 Å². The van der Waals surface area contributed by atoms with Gasteiger partial charge in [0.1, 0.15) is 0 Å². The van der Waals surface area contributed by atoms with Crippen LogP contribution in [0.3, 0.4) is 0 Å². The molecule has 1 atom stereocenters. The van der Waals surface area contributed by atoms with Gasteiger partial charge in [-0.1, -0.05) is 129 Å². The normalized spacial score (nSPS) is 16.1. The third kappa shape index (κ3) is 30.9. The van der Waals surface area contributed by atoms with E-state index in [1.54, 1.807) is 0 Å². The van der Waals surface area contributed by atoms with Gasteiger partial charge >= 0.3 is 0 Å². The largest absolute Gasteiger partial charge is 0.347 e. The van der Waals surface area contributed by atoms with Crippen molar-refractivity contribution >= 4 is 47.0 Å². The summed E-state index contributed by atoms with van der Waals surface area (Å²) in [5.74, 6) is 5.12. The number of thioether (sulfide) groups is 4. The highest BCUT2D eigenvalue weighted by atomic mass is 32.2. The maximum Gasteiger partial charge on any atom is 0.168 e. The minimum atomic E-state index is -0.301. The summed E-state index contributed by atoms with van der Waals surface area (Å²) in [4.78, 5) is 2.27. The lowest BCUT2D eigenvalue weighted by Gasteiger charge is -2.29. The molecular formula is C41H83NO2S4.